The number of rotatable bonds is 8. The Hall–Kier alpha value is -9.04. The predicted octanol–water partition coefficient (Wildman–Crippen LogP) is 15.9. The molecule has 1 aromatic heterocycles. The molecule has 10 aromatic carbocycles. The molecule has 4 heteroatoms. The number of aromatic nitrogens is 3. The van der Waals surface area contributed by atoms with Gasteiger partial charge in [0.05, 0.1) is 11.6 Å². The second-order valence-corrected chi connectivity index (χ2v) is 16.7. The first kappa shape index (κ1) is 38.6. The van der Waals surface area contributed by atoms with Crippen LogP contribution in [0.2, 0.25) is 0 Å². The molecule has 0 saturated heterocycles. The lowest BCUT2D eigenvalue weighted by Gasteiger charge is -2.15. The molecular weight excluding hydrogens is 801 g/mol. The van der Waals surface area contributed by atoms with Gasteiger partial charge in [-0.25, -0.2) is 15.0 Å². The van der Waals surface area contributed by atoms with Crippen LogP contribution in [0.3, 0.4) is 0 Å². The standard InChI is InChI=1S/C62H38N4/c63-39-40-15-17-47(18-16-40)52-35-37-56-54-13-7-8-14-55(54)57-38-36-53(58(52)59(56)57)48-29-23-45(24-30-48)43-19-21-44(22-20-43)46-27-33-51(34-28-46)62-65-60(49-11-5-2-6-12-49)64-61(66-62)50-31-25-42(26-32-50)41-9-3-1-4-10-41/h1-38H. The van der Waals surface area contributed by atoms with Gasteiger partial charge < -0.3 is 0 Å². The van der Waals surface area contributed by atoms with Crippen molar-refractivity contribution in [1.82, 2.24) is 15.0 Å². The van der Waals surface area contributed by atoms with Crippen molar-refractivity contribution in [3.63, 3.8) is 0 Å². The summed E-state index contributed by atoms with van der Waals surface area (Å²) in [6.07, 6.45) is 0. The van der Waals surface area contributed by atoms with Gasteiger partial charge in [0.1, 0.15) is 0 Å². The molecule has 0 atom stereocenters. The zero-order valence-electron chi connectivity index (χ0n) is 35.7. The summed E-state index contributed by atoms with van der Waals surface area (Å²) < 4.78 is 0. The van der Waals surface area contributed by atoms with Gasteiger partial charge in [-0.3, -0.25) is 0 Å². The second kappa shape index (κ2) is 16.3. The summed E-state index contributed by atoms with van der Waals surface area (Å²) in [5.74, 6) is 1.90. The molecule has 12 rings (SSSR count). The van der Waals surface area contributed by atoms with Crippen LogP contribution in [-0.2, 0) is 0 Å². The van der Waals surface area contributed by atoms with E-state index in [4.69, 9.17) is 15.0 Å². The number of benzene rings is 10. The van der Waals surface area contributed by atoms with Crippen molar-refractivity contribution in [2.45, 2.75) is 0 Å². The quantitative estimate of drug-likeness (QED) is 0.153. The summed E-state index contributed by atoms with van der Waals surface area (Å²) in [5, 5.41) is 12.0. The number of nitrogens with zero attached hydrogens (tertiary/aromatic N) is 4. The lowest BCUT2D eigenvalue weighted by molar-refractivity contribution is 1.07. The van der Waals surface area contributed by atoms with E-state index >= 15 is 0 Å². The number of hydrogen-bond donors (Lipinski definition) is 0. The van der Waals surface area contributed by atoms with Crippen LogP contribution in [0.1, 0.15) is 5.56 Å². The smallest absolute Gasteiger partial charge is 0.164 e. The van der Waals surface area contributed by atoms with Gasteiger partial charge in [-0.1, -0.05) is 218 Å². The number of nitriles is 1. The lowest BCUT2D eigenvalue weighted by atomic mass is 9.88. The summed E-state index contributed by atoms with van der Waals surface area (Å²) in [4.78, 5) is 14.9. The lowest BCUT2D eigenvalue weighted by Crippen LogP contribution is -2.00. The first-order chi connectivity index (χ1) is 32.6. The van der Waals surface area contributed by atoms with E-state index < -0.39 is 0 Å². The average Bonchev–Trinajstić information content (AvgIpc) is 3.73. The van der Waals surface area contributed by atoms with Gasteiger partial charge >= 0.3 is 0 Å². The third-order valence-corrected chi connectivity index (χ3v) is 12.8. The highest BCUT2D eigenvalue weighted by Crippen LogP contribution is 2.52. The van der Waals surface area contributed by atoms with E-state index in [9.17, 15) is 5.26 Å². The maximum Gasteiger partial charge on any atom is 0.164 e. The van der Waals surface area contributed by atoms with E-state index in [-0.39, 0.29) is 0 Å². The zero-order chi connectivity index (χ0) is 44.0. The zero-order valence-corrected chi connectivity index (χ0v) is 35.7. The van der Waals surface area contributed by atoms with Crippen molar-refractivity contribution in [2.24, 2.45) is 0 Å². The molecule has 0 saturated carbocycles. The third kappa shape index (κ3) is 6.93. The van der Waals surface area contributed by atoms with Crippen LogP contribution in [0.25, 0.3) is 123 Å². The fourth-order valence-corrected chi connectivity index (χ4v) is 9.40. The Morgan fingerprint density at radius 2 is 0.500 bits per heavy atom. The summed E-state index contributed by atoms with van der Waals surface area (Å²) in [7, 11) is 0. The fourth-order valence-electron chi connectivity index (χ4n) is 9.40. The monoisotopic (exact) mass is 838 g/mol. The Bertz CT molecular complexity index is 3600. The van der Waals surface area contributed by atoms with Gasteiger partial charge in [-0.15, -0.1) is 0 Å². The van der Waals surface area contributed by atoms with Gasteiger partial charge in [0, 0.05) is 16.7 Å². The van der Waals surface area contributed by atoms with Crippen molar-refractivity contribution < 1.29 is 0 Å². The van der Waals surface area contributed by atoms with Crippen LogP contribution >= 0.6 is 0 Å². The molecule has 0 bridgehead atoms. The highest BCUT2D eigenvalue weighted by Gasteiger charge is 2.25. The molecule has 0 amide bonds. The summed E-state index contributed by atoms with van der Waals surface area (Å²) >= 11 is 0. The third-order valence-electron chi connectivity index (χ3n) is 12.8. The Kier molecular flexibility index (Phi) is 9.51. The van der Waals surface area contributed by atoms with E-state index in [1.807, 2.05) is 48.5 Å². The minimum absolute atomic E-state index is 0.629. The fraction of sp³-hybridized carbons (Fsp3) is 0. The second-order valence-electron chi connectivity index (χ2n) is 16.7. The average molecular weight is 839 g/mol. The van der Waals surface area contributed by atoms with E-state index in [0.29, 0.717) is 23.0 Å². The van der Waals surface area contributed by atoms with E-state index in [1.165, 1.54) is 44.2 Å². The van der Waals surface area contributed by atoms with Crippen LogP contribution in [0, 0.1) is 11.3 Å². The van der Waals surface area contributed by atoms with Crippen LogP contribution in [0.15, 0.2) is 231 Å². The van der Waals surface area contributed by atoms with Crippen LogP contribution in [0.4, 0.5) is 0 Å². The Balaban J connectivity index is 0.831. The predicted molar refractivity (Wildman–Crippen MR) is 270 cm³/mol. The summed E-state index contributed by atoms with van der Waals surface area (Å²) in [6.45, 7) is 0. The van der Waals surface area contributed by atoms with Gasteiger partial charge in [-0.2, -0.15) is 5.26 Å². The number of fused-ring (bicyclic) bond motifs is 3. The summed E-state index contributed by atoms with van der Waals surface area (Å²) in [6, 6.07) is 83.0. The molecule has 0 N–H and O–H groups in total. The van der Waals surface area contributed by atoms with Crippen LogP contribution in [-0.4, -0.2) is 15.0 Å². The van der Waals surface area contributed by atoms with Crippen molar-refractivity contribution in [3.8, 4) is 118 Å². The molecular formula is C62H38N4. The molecule has 0 unspecified atom stereocenters. The molecule has 306 valence electrons. The largest absolute Gasteiger partial charge is 0.208 e. The van der Waals surface area contributed by atoms with Crippen LogP contribution in [0.5, 0.6) is 0 Å². The number of hydrogen-bond acceptors (Lipinski definition) is 4. The maximum absolute atomic E-state index is 9.50. The van der Waals surface area contributed by atoms with Gasteiger partial charge in [0.25, 0.3) is 0 Å². The Labute approximate surface area is 383 Å². The minimum atomic E-state index is 0.629. The molecule has 1 heterocycles. The molecule has 0 aliphatic heterocycles. The Morgan fingerprint density at radius 1 is 0.227 bits per heavy atom. The maximum atomic E-state index is 9.50. The topological polar surface area (TPSA) is 62.5 Å². The van der Waals surface area contributed by atoms with Gasteiger partial charge in [0.2, 0.25) is 0 Å². The normalized spacial score (nSPS) is 11.3. The van der Waals surface area contributed by atoms with Crippen molar-refractivity contribution in [3.05, 3.63) is 236 Å². The van der Waals surface area contributed by atoms with Gasteiger partial charge in [0.15, 0.2) is 17.5 Å². The van der Waals surface area contributed by atoms with E-state index in [0.717, 1.165) is 61.2 Å². The molecule has 4 nitrogen and oxygen atoms in total. The molecule has 66 heavy (non-hydrogen) atoms. The van der Waals surface area contributed by atoms with Crippen molar-refractivity contribution >= 4 is 10.8 Å². The molecule has 0 fully saturated rings. The first-order valence-electron chi connectivity index (χ1n) is 22.1. The SMILES string of the molecule is N#Cc1ccc(-c2ccc3c4c(ccc(-c5ccc(-c6ccc(-c7ccc(-c8nc(-c9ccccc9)nc(-c9ccc(-c%10ccccc%10)cc9)n8)cc7)cc6)cc5)c24)-c2ccccc2-3)cc1. The molecule has 1 aliphatic carbocycles. The Morgan fingerprint density at radius 3 is 0.894 bits per heavy atom. The van der Waals surface area contributed by atoms with Crippen molar-refractivity contribution in [2.75, 3.05) is 0 Å². The van der Waals surface area contributed by atoms with E-state index in [2.05, 4.69) is 188 Å². The molecule has 0 radical (unpaired) electrons. The minimum Gasteiger partial charge on any atom is -0.208 e. The van der Waals surface area contributed by atoms with Crippen molar-refractivity contribution in [1.29, 1.82) is 5.26 Å². The highest BCUT2D eigenvalue weighted by atomic mass is 15.0. The summed E-state index contributed by atoms with van der Waals surface area (Å²) in [5.41, 5.74) is 20.0. The molecule has 1 aliphatic rings. The first-order valence-corrected chi connectivity index (χ1v) is 22.1. The highest BCUT2D eigenvalue weighted by molar-refractivity contribution is 6.22. The van der Waals surface area contributed by atoms with E-state index in [1.54, 1.807) is 0 Å². The van der Waals surface area contributed by atoms with Gasteiger partial charge in [-0.05, 0) is 101 Å². The molecule has 0 spiro atoms. The molecule has 11 aromatic rings. The van der Waals surface area contributed by atoms with Crippen LogP contribution < -0.4 is 0 Å².